The highest BCUT2D eigenvalue weighted by Crippen LogP contribution is 2.32. The lowest BCUT2D eigenvalue weighted by atomic mass is 10.0. The van der Waals surface area contributed by atoms with Crippen LogP contribution in [0.15, 0.2) is 77.7 Å². The quantitative estimate of drug-likeness (QED) is 0.256. The molecule has 0 aliphatic carbocycles. The van der Waals surface area contributed by atoms with E-state index >= 15 is 0 Å². The fourth-order valence-corrected chi connectivity index (χ4v) is 5.81. The maximum Gasteiger partial charge on any atom is 0.233 e. The van der Waals surface area contributed by atoms with Crippen molar-refractivity contribution in [2.75, 3.05) is 50.5 Å². The van der Waals surface area contributed by atoms with Crippen molar-refractivity contribution in [3.05, 3.63) is 78.4 Å². The van der Waals surface area contributed by atoms with Crippen LogP contribution in [-0.2, 0) is 16.0 Å². The second-order valence-corrected chi connectivity index (χ2v) is 10.5. The van der Waals surface area contributed by atoms with Crippen LogP contribution in [0, 0.1) is 0 Å². The summed E-state index contributed by atoms with van der Waals surface area (Å²) in [6, 6.07) is 24.9. The van der Waals surface area contributed by atoms with E-state index in [1.165, 1.54) is 10.5 Å². The zero-order chi connectivity index (χ0) is 24.0. The van der Waals surface area contributed by atoms with Crippen LogP contribution in [0.25, 0.3) is 21.3 Å². The van der Waals surface area contributed by atoms with Gasteiger partial charge in [-0.3, -0.25) is 14.6 Å². The van der Waals surface area contributed by atoms with Gasteiger partial charge in [0.25, 0.3) is 0 Å². The monoisotopic (exact) mass is 539 g/mol. The van der Waals surface area contributed by atoms with Crippen molar-refractivity contribution in [2.24, 2.45) is 0 Å². The molecule has 2 heterocycles. The van der Waals surface area contributed by atoms with Gasteiger partial charge in [-0.2, -0.15) is 0 Å². The molecule has 0 bridgehead atoms. The number of morpholine rings is 1. The Hall–Kier alpha value is -2.42. The smallest absolute Gasteiger partial charge is 0.233 e. The van der Waals surface area contributed by atoms with Crippen LogP contribution in [-0.4, -0.2) is 61.4 Å². The molecule has 1 amide bonds. The molecular weight excluding hydrogens is 510 g/mol. The highest BCUT2D eigenvalue weighted by atomic mass is 35.5. The molecule has 36 heavy (non-hydrogen) atoms. The Labute approximate surface area is 226 Å². The summed E-state index contributed by atoms with van der Waals surface area (Å²) < 4.78 is 6.60. The lowest BCUT2D eigenvalue weighted by molar-refractivity contribution is -0.118. The lowest BCUT2D eigenvalue weighted by Crippen LogP contribution is -2.43. The molecule has 0 atom stereocenters. The summed E-state index contributed by atoms with van der Waals surface area (Å²) in [5.74, 6) is 0.0786. The molecule has 8 heteroatoms. The number of amides is 1. The van der Waals surface area contributed by atoms with E-state index in [0.717, 1.165) is 59.3 Å². The number of fused-ring (bicyclic) bond motifs is 1. The first-order valence-corrected chi connectivity index (χ1v) is 13.9. The van der Waals surface area contributed by atoms with Gasteiger partial charge in [0.05, 0.1) is 29.9 Å². The first kappa shape index (κ1) is 26.6. The van der Waals surface area contributed by atoms with Crippen LogP contribution in [0.1, 0.15) is 5.56 Å². The summed E-state index contributed by atoms with van der Waals surface area (Å²) in [5, 5.41) is 0.775. The Morgan fingerprint density at radius 2 is 1.75 bits per heavy atom. The fourth-order valence-electron chi connectivity index (χ4n) is 4.24. The maximum atomic E-state index is 13.6. The number of ether oxygens (including phenoxy) is 1. The second kappa shape index (κ2) is 12.7. The van der Waals surface area contributed by atoms with E-state index < -0.39 is 0 Å². The molecule has 3 aromatic carbocycles. The van der Waals surface area contributed by atoms with E-state index in [0.29, 0.717) is 13.0 Å². The van der Waals surface area contributed by atoms with Crippen molar-refractivity contribution in [1.82, 2.24) is 9.88 Å². The summed E-state index contributed by atoms with van der Waals surface area (Å²) in [7, 11) is 0. The van der Waals surface area contributed by atoms with Gasteiger partial charge in [0, 0.05) is 31.1 Å². The van der Waals surface area contributed by atoms with Crippen molar-refractivity contribution >= 4 is 56.8 Å². The standard InChI is InChI=1S/C28H29N3O2S2.ClH/c1-34-24-11-12-25-26(20-24)35-28(29-25)31(14-13-30-15-17-33-18-16-30)27(32)19-21-7-9-23(10-8-21)22-5-3-2-4-6-22;/h2-12,20H,13-19H2,1H3;1H. The van der Waals surface area contributed by atoms with E-state index in [1.807, 2.05) is 29.2 Å². The van der Waals surface area contributed by atoms with Crippen molar-refractivity contribution in [1.29, 1.82) is 0 Å². The molecule has 0 saturated carbocycles. The summed E-state index contributed by atoms with van der Waals surface area (Å²) >= 11 is 3.32. The van der Waals surface area contributed by atoms with Crippen molar-refractivity contribution < 1.29 is 9.53 Å². The van der Waals surface area contributed by atoms with Crippen molar-refractivity contribution in [3.63, 3.8) is 0 Å². The maximum absolute atomic E-state index is 13.6. The predicted octanol–water partition coefficient (Wildman–Crippen LogP) is 6.01. The molecular formula is C28H30ClN3O2S2. The number of anilines is 1. The van der Waals surface area contributed by atoms with E-state index in [4.69, 9.17) is 9.72 Å². The Morgan fingerprint density at radius 1 is 1.03 bits per heavy atom. The molecule has 4 aromatic rings. The molecule has 0 unspecified atom stereocenters. The van der Waals surface area contributed by atoms with Gasteiger partial charge >= 0.3 is 0 Å². The minimum Gasteiger partial charge on any atom is -0.379 e. The number of carbonyl (C=O) groups excluding carboxylic acids is 1. The van der Waals surface area contributed by atoms with Gasteiger partial charge in [0.15, 0.2) is 5.13 Å². The molecule has 188 valence electrons. The number of benzene rings is 3. The van der Waals surface area contributed by atoms with Gasteiger partial charge in [0.2, 0.25) is 5.91 Å². The van der Waals surface area contributed by atoms with E-state index in [2.05, 4.69) is 59.7 Å². The first-order valence-electron chi connectivity index (χ1n) is 11.9. The Balaban J connectivity index is 0.00000304. The number of thiazole rings is 1. The zero-order valence-corrected chi connectivity index (χ0v) is 22.7. The Bertz CT molecular complexity index is 1280. The van der Waals surface area contributed by atoms with Crippen LogP contribution in [0.5, 0.6) is 0 Å². The third-order valence-electron chi connectivity index (χ3n) is 6.28. The molecule has 5 rings (SSSR count). The first-order chi connectivity index (χ1) is 17.2. The number of hydrogen-bond acceptors (Lipinski definition) is 6. The van der Waals surface area contributed by atoms with Gasteiger partial charge in [-0.25, -0.2) is 4.98 Å². The minimum atomic E-state index is 0. The highest BCUT2D eigenvalue weighted by molar-refractivity contribution is 7.98. The van der Waals surface area contributed by atoms with Gasteiger partial charge in [0.1, 0.15) is 0 Å². The lowest BCUT2D eigenvalue weighted by Gasteiger charge is -2.29. The average Bonchev–Trinajstić information content (AvgIpc) is 3.33. The number of carbonyl (C=O) groups is 1. The Kier molecular flexibility index (Phi) is 9.40. The highest BCUT2D eigenvalue weighted by Gasteiger charge is 2.22. The number of aromatic nitrogens is 1. The zero-order valence-electron chi connectivity index (χ0n) is 20.3. The van der Waals surface area contributed by atoms with Gasteiger partial charge in [-0.1, -0.05) is 65.9 Å². The predicted molar refractivity (Wildman–Crippen MR) is 154 cm³/mol. The third-order valence-corrected chi connectivity index (χ3v) is 8.04. The van der Waals surface area contributed by atoms with E-state index in [-0.39, 0.29) is 18.3 Å². The van der Waals surface area contributed by atoms with Crippen LogP contribution in [0.2, 0.25) is 0 Å². The third kappa shape index (κ3) is 6.47. The number of nitrogens with zero attached hydrogens (tertiary/aromatic N) is 3. The summed E-state index contributed by atoms with van der Waals surface area (Å²) in [6.07, 6.45) is 2.43. The molecule has 0 radical (unpaired) electrons. The normalized spacial score (nSPS) is 13.9. The molecule has 1 aliphatic heterocycles. The molecule has 1 aromatic heterocycles. The fraction of sp³-hybridized carbons (Fsp3) is 0.286. The number of thioether (sulfide) groups is 1. The summed E-state index contributed by atoms with van der Waals surface area (Å²) in [4.78, 5) is 23.9. The average molecular weight is 540 g/mol. The summed E-state index contributed by atoms with van der Waals surface area (Å²) in [6.45, 7) is 4.74. The van der Waals surface area contributed by atoms with Crippen LogP contribution in [0.3, 0.4) is 0 Å². The van der Waals surface area contributed by atoms with Crippen LogP contribution < -0.4 is 4.90 Å². The Morgan fingerprint density at radius 3 is 2.47 bits per heavy atom. The van der Waals surface area contributed by atoms with Gasteiger partial charge in [-0.15, -0.1) is 24.2 Å². The molecule has 1 aliphatic rings. The number of rotatable bonds is 8. The van der Waals surface area contributed by atoms with Crippen LogP contribution in [0.4, 0.5) is 5.13 Å². The van der Waals surface area contributed by atoms with E-state index in [9.17, 15) is 4.79 Å². The molecule has 0 N–H and O–H groups in total. The van der Waals surface area contributed by atoms with Crippen molar-refractivity contribution in [2.45, 2.75) is 11.3 Å². The number of hydrogen-bond donors (Lipinski definition) is 0. The molecule has 5 nitrogen and oxygen atoms in total. The van der Waals surface area contributed by atoms with Crippen LogP contribution >= 0.6 is 35.5 Å². The largest absolute Gasteiger partial charge is 0.379 e. The second-order valence-electron chi connectivity index (χ2n) is 8.57. The van der Waals surface area contributed by atoms with Crippen molar-refractivity contribution in [3.8, 4) is 11.1 Å². The number of halogens is 1. The minimum absolute atomic E-state index is 0. The van der Waals surface area contributed by atoms with Gasteiger partial charge in [-0.05, 0) is 41.1 Å². The molecule has 0 spiro atoms. The van der Waals surface area contributed by atoms with Gasteiger partial charge < -0.3 is 4.74 Å². The molecule has 1 fully saturated rings. The van der Waals surface area contributed by atoms with E-state index in [1.54, 1.807) is 23.1 Å². The summed E-state index contributed by atoms with van der Waals surface area (Å²) in [5.41, 5.74) is 4.29. The molecule has 1 saturated heterocycles. The topological polar surface area (TPSA) is 45.7 Å². The SMILES string of the molecule is CSc1ccc2nc(N(CCN3CCOCC3)C(=O)Cc3ccc(-c4ccccc4)cc3)sc2c1.Cl.